The highest BCUT2D eigenvalue weighted by atomic mass is 35.5. The third kappa shape index (κ3) is 3.19. The van der Waals surface area contributed by atoms with Gasteiger partial charge in [-0.15, -0.1) is 0 Å². The zero-order valence-electron chi connectivity index (χ0n) is 13.4. The summed E-state index contributed by atoms with van der Waals surface area (Å²) < 4.78 is 9.24. The van der Waals surface area contributed by atoms with Crippen LogP contribution >= 0.6 is 11.6 Å². The van der Waals surface area contributed by atoms with Crippen LogP contribution in [-0.4, -0.2) is 37.6 Å². The number of carbonyl (C=O) groups is 1. The monoisotopic (exact) mass is 337 g/mol. The first kappa shape index (κ1) is 15.9. The number of carbonyl (C=O) groups excluding carboxylic acids is 1. The number of halogens is 1. The number of aromatic nitrogens is 4. The van der Waals surface area contributed by atoms with Crippen LogP contribution in [0.4, 0.5) is 0 Å². The molecule has 1 N–H and O–H groups in total. The van der Waals surface area contributed by atoms with Crippen LogP contribution in [-0.2, 0) is 14.1 Å². The fourth-order valence-corrected chi connectivity index (χ4v) is 3.08. The molecule has 0 aromatic carbocycles. The second kappa shape index (κ2) is 6.23. The Bertz CT molecular complexity index is 724. The van der Waals surface area contributed by atoms with Crippen molar-refractivity contribution >= 4 is 17.5 Å². The lowest BCUT2D eigenvalue weighted by molar-refractivity contribution is 0.0888. The highest BCUT2D eigenvalue weighted by molar-refractivity contribution is 6.34. The van der Waals surface area contributed by atoms with Crippen molar-refractivity contribution in [3.8, 4) is 5.75 Å². The molecule has 0 spiro atoms. The van der Waals surface area contributed by atoms with Gasteiger partial charge in [-0.05, 0) is 26.2 Å². The first-order valence-corrected chi connectivity index (χ1v) is 7.98. The van der Waals surface area contributed by atoms with Gasteiger partial charge in [0.2, 0.25) is 0 Å². The molecule has 0 unspecified atom stereocenters. The number of nitrogens with zero attached hydrogens (tertiary/aromatic N) is 4. The molecule has 1 saturated carbocycles. The number of nitrogens with one attached hydrogen (secondary N) is 1. The van der Waals surface area contributed by atoms with Crippen molar-refractivity contribution in [2.24, 2.45) is 14.1 Å². The summed E-state index contributed by atoms with van der Waals surface area (Å²) in [5, 5.41) is 11.7. The molecule has 0 aliphatic heterocycles. The van der Waals surface area contributed by atoms with Crippen LogP contribution in [0.25, 0.3) is 0 Å². The first-order chi connectivity index (χ1) is 11.0. The Hall–Kier alpha value is -2.02. The van der Waals surface area contributed by atoms with Crippen molar-refractivity contribution in [3.63, 3.8) is 0 Å². The van der Waals surface area contributed by atoms with E-state index in [-0.39, 0.29) is 23.7 Å². The summed E-state index contributed by atoms with van der Waals surface area (Å²) in [6, 6.07) is -0.0546. The van der Waals surface area contributed by atoms with Gasteiger partial charge in [-0.25, -0.2) is 0 Å². The SMILES string of the molecule is Cc1c(Cl)c(C(=O)N[C@H]2CCC[C@H]2Oc2cnn(C)c2)nn1C. The Labute approximate surface area is 139 Å². The minimum Gasteiger partial charge on any atom is -0.485 e. The molecule has 3 rings (SSSR count). The fraction of sp³-hybridized carbons (Fsp3) is 0.533. The van der Waals surface area contributed by atoms with E-state index in [0.29, 0.717) is 10.8 Å². The number of ether oxygens (including phenoxy) is 1. The zero-order chi connectivity index (χ0) is 16.6. The third-order valence-corrected chi connectivity index (χ3v) is 4.67. The molecule has 124 valence electrons. The number of hydrogen-bond acceptors (Lipinski definition) is 4. The Morgan fingerprint density at radius 1 is 1.43 bits per heavy atom. The molecule has 0 bridgehead atoms. The van der Waals surface area contributed by atoms with Gasteiger partial charge in [0.15, 0.2) is 11.4 Å². The predicted molar refractivity (Wildman–Crippen MR) is 85.7 cm³/mol. The van der Waals surface area contributed by atoms with Crippen LogP contribution in [0.1, 0.15) is 35.4 Å². The van der Waals surface area contributed by atoms with Crippen molar-refractivity contribution in [1.29, 1.82) is 0 Å². The second-order valence-electron chi connectivity index (χ2n) is 5.89. The summed E-state index contributed by atoms with van der Waals surface area (Å²) in [5.41, 5.74) is 1.03. The number of rotatable bonds is 4. The Morgan fingerprint density at radius 2 is 2.22 bits per heavy atom. The summed E-state index contributed by atoms with van der Waals surface area (Å²) in [4.78, 5) is 12.4. The molecule has 23 heavy (non-hydrogen) atoms. The molecule has 2 aromatic heterocycles. The average molecular weight is 338 g/mol. The lowest BCUT2D eigenvalue weighted by Gasteiger charge is -2.21. The number of hydrogen-bond donors (Lipinski definition) is 1. The van der Waals surface area contributed by atoms with Gasteiger partial charge in [0.05, 0.1) is 29.2 Å². The second-order valence-corrected chi connectivity index (χ2v) is 6.27. The van der Waals surface area contributed by atoms with Gasteiger partial charge >= 0.3 is 0 Å². The van der Waals surface area contributed by atoms with Crippen molar-refractivity contribution in [1.82, 2.24) is 24.9 Å². The molecule has 1 fully saturated rings. The standard InChI is InChI=1S/C15H20ClN5O2/c1-9-13(16)14(19-21(9)3)15(22)18-11-5-4-6-12(11)23-10-7-17-20(2)8-10/h7-8,11-12H,4-6H2,1-3H3,(H,18,22)/t11-,12+/m0/s1. The molecule has 2 atom stereocenters. The van der Waals surface area contributed by atoms with Crippen LogP contribution in [0.3, 0.4) is 0 Å². The van der Waals surface area contributed by atoms with Crippen LogP contribution in [0.5, 0.6) is 5.75 Å². The Kier molecular flexibility index (Phi) is 4.30. The summed E-state index contributed by atoms with van der Waals surface area (Å²) >= 11 is 6.18. The third-order valence-electron chi connectivity index (χ3n) is 4.21. The van der Waals surface area contributed by atoms with Crippen molar-refractivity contribution in [2.75, 3.05) is 0 Å². The van der Waals surface area contributed by atoms with E-state index in [9.17, 15) is 4.79 Å². The molecule has 1 amide bonds. The smallest absolute Gasteiger partial charge is 0.273 e. The number of aryl methyl sites for hydroxylation is 2. The van der Waals surface area contributed by atoms with E-state index in [2.05, 4.69) is 15.5 Å². The molecule has 2 heterocycles. The van der Waals surface area contributed by atoms with Gasteiger partial charge in [0, 0.05) is 14.1 Å². The Balaban J connectivity index is 1.68. The van der Waals surface area contributed by atoms with E-state index in [4.69, 9.17) is 16.3 Å². The molecule has 7 nitrogen and oxygen atoms in total. The maximum atomic E-state index is 12.4. The minimum atomic E-state index is -0.259. The van der Waals surface area contributed by atoms with Gasteiger partial charge in [-0.1, -0.05) is 11.6 Å². The van der Waals surface area contributed by atoms with Crippen LogP contribution < -0.4 is 10.1 Å². The molecule has 0 saturated heterocycles. The minimum absolute atomic E-state index is 0.0546. The summed E-state index contributed by atoms with van der Waals surface area (Å²) in [6.45, 7) is 1.83. The lowest BCUT2D eigenvalue weighted by atomic mass is 10.2. The molecule has 2 aromatic rings. The van der Waals surface area contributed by atoms with E-state index >= 15 is 0 Å². The zero-order valence-corrected chi connectivity index (χ0v) is 14.2. The summed E-state index contributed by atoms with van der Waals surface area (Å²) in [7, 11) is 3.61. The topological polar surface area (TPSA) is 74.0 Å². The summed E-state index contributed by atoms with van der Waals surface area (Å²) in [5.74, 6) is 0.454. The van der Waals surface area contributed by atoms with E-state index in [1.807, 2.05) is 20.2 Å². The highest BCUT2D eigenvalue weighted by Gasteiger charge is 2.32. The lowest BCUT2D eigenvalue weighted by Crippen LogP contribution is -2.42. The van der Waals surface area contributed by atoms with E-state index in [0.717, 1.165) is 25.0 Å². The maximum Gasteiger partial charge on any atom is 0.273 e. The molecule has 1 aliphatic carbocycles. The van der Waals surface area contributed by atoms with Gasteiger partial charge in [0.25, 0.3) is 5.91 Å². The maximum absolute atomic E-state index is 12.4. The normalized spacial score (nSPS) is 20.7. The predicted octanol–water partition coefficient (Wildman–Crippen LogP) is 1.85. The fourth-order valence-electron chi connectivity index (χ4n) is 2.83. The summed E-state index contributed by atoms with van der Waals surface area (Å²) in [6.07, 6.45) is 6.21. The Morgan fingerprint density at radius 3 is 2.83 bits per heavy atom. The van der Waals surface area contributed by atoms with E-state index in [1.54, 1.807) is 22.6 Å². The first-order valence-electron chi connectivity index (χ1n) is 7.61. The molecular formula is C15H20ClN5O2. The van der Waals surface area contributed by atoms with Crippen LogP contribution in [0.2, 0.25) is 5.02 Å². The van der Waals surface area contributed by atoms with Crippen LogP contribution in [0, 0.1) is 6.92 Å². The largest absolute Gasteiger partial charge is 0.485 e. The number of amides is 1. The molecule has 8 heteroatoms. The quantitative estimate of drug-likeness (QED) is 0.924. The van der Waals surface area contributed by atoms with Gasteiger partial charge < -0.3 is 10.1 Å². The molecular weight excluding hydrogens is 318 g/mol. The van der Waals surface area contributed by atoms with Gasteiger partial charge in [-0.2, -0.15) is 10.2 Å². The van der Waals surface area contributed by atoms with Crippen molar-refractivity contribution < 1.29 is 9.53 Å². The van der Waals surface area contributed by atoms with Crippen molar-refractivity contribution in [3.05, 3.63) is 28.8 Å². The van der Waals surface area contributed by atoms with Gasteiger partial charge in [-0.3, -0.25) is 14.2 Å². The van der Waals surface area contributed by atoms with Crippen molar-refractivity contribution in [2.45, 2.75) is 38.3 Å². The van der Waals surface area contributed by atoms with E-state index < -0.39 is 0 Å². The van der Waals surface area contributed by atoms with E-state index in [1.165, 1.54) is 0 Å². The molecule has 1 aliphatic rings. The average Bonchev–Trinajstić information content (AvgIpc) is 3.18. The van der Waals surface area contributed by atoms with Gasteiger partial charge in [0.1, 0.15) is 6.10 Å². The van der Waals surface area contributed by atoms with Crippen LogP contribution in [0.15, 0.2) is 12.4 Å². The molecule has 0 radical (unpaired) electrons. The highest BCUT2D eigenvalue weighted by Crippen LogP contribution is 2.26.